The Morgan fingerprint density at radius 2 is 1.95 bits per heavy atom. The van der Waals surface area contributed by atoms with Gasteiger partial charge in [0.25, 0.3) is 0 Å². The summed E-state index contributed by atoms with van der Waals surface area (Å²) in [5, 5.41) is 3.05. The van der Waals surface area contributed by atoms with E-state index in [-0.39, 0.29) is 11.9 Å². The maximum absolute atomic E-state index is 12.4. The number of nitrogens with zero attached hydrogens (tertiary/aromatic N) is 4. The van der Waals surface area contributed by atoms with E-state index in [2.05, 4.69) is 15.2 Å². The first-order valence-electron chi connectivity index (χ1n) is 8.20. The average Bonchev–Trinajstić information content (AvgIpc) is 2.70. The van der Waals surface area contributed by atoms with Crippen LogP contribution in [0.25, 0.3) is 0 Å². The van der Waals surface area contributed by atoms with Crippen LogP contribution >= 0.6 is 0 Å². The van der Waals surface area contributed by atoms with Crippen molar-refractivity contribution < 1.29 is 4.79 Å². The molecule has 0 aromatic carbocycles. The molecule has 1 aliphatic heterocycles. The third-order valence-electron chi connectivity index (χ3n) is 4.47. The van der Waals surface area contributed by atoms with Crippen molar-refractivity contribution in [2.24, 2.45) is 7.05 Å². The van der Waals surface area contributed by atoms with E-state index in [4.69, 9.17) is 0 Å². The maximum Gasteiger partial charge on any atom is 0.237 e. The first-order chi connectivity index (χ1) is 10.5. The van der Waals surface area contributed by atoms with Crippen molar-refractivity contribution in [3.8, 4) is 0 Å². The van der Waals surface area contributed by atoms with Gasteiger partial charge < -0.3 is 14.8 Å². The fourth-order valence-corrected chi connectivity index (χ4v) is 2.99. The molecule has 1 fully saturated rings. The van der Waals surface area contributed by atoms with Crippen molar-refractivity contribution in [3.05, 3.63) is 11.9 Å². The lowest BCUT2D eigenvalue weighted by molar-refractivity contribution is -0.126. The van der Waals surface area contributed by atoms with Crippen molar-refractivity contribution in [1.29, 1.82) is 0 Å². The first-order valence-corrected chi connectivity index (χ1v) is 8.20. The van der Waals surface area contributed by atoms with Gasteiger partial charge in [0.1, 0.15) is 0 Å². The molecule has 1 N–H and O–H groups in total. The number of carbonyl (C=O) groups is 1. The summed E-state index contributed by atoms with van der Waals surface area (Å²) in [6.07, 6.45) is 6.80. The molecule has 0 unspecified atom stereocenters. The van der Waals surface area contributed by atoms with Gasteiger partial charge in [-0.2, -0.15) is 0 Å². The van der Waals surface area contributed by atoms with E-state index in [0.29, 0.717) is 6.54 Å². The van der Waals surface area contributed by atoms with E-state index < -0.39 is 0 Å². The summed E-state index contributed by atoms with van der Waals surface area (Å²) in [6.45, 7) is 4.60. The van der Waals surface area contributed by atoms with Gasteiger partial charge in [0, 0.05) is 21.1 Å². The molecule has 6 nitrogen and oxygen atoms in total. The number of carbonyl (C=O) groups excluding carboxylic acids is 1. The number of anilines is 1. The molecule has 22 heavy (non-hydrogen) atoms. The van der Waals surface area contributed by atoms with Gasteiger partial charge >= 0.3 is 0 Å². The van der Waals surface area contributed by atoms with Crippen molar-refractivity contribution >= 4 is 11.9 Å². The SMILES string of the molecule is C[C@@H](C(=O)NCc1cnc(N(C)C)n1C)N1CCCCCC1. The highest BCUT2D eigenvalue weighted by Gasteiger charge is 2.22. The highest BCUT2D eigenvalue weighted by atomic mass is 16.2. The van der Waals surface area contributed by atoms with Gasteiger partial charge in [0.15, 0.2) is 0 Å². The average molecular weight is 307 g/mol. The number of rotatable bonds is 5. The fraction of sp³-hybridized carbons (Fsp3) is 0.750. The van der Waals surface area contributed by atoms with Crippen LogP contribution in [0.15, 0.2) is 6.20 Å². The number of likely N-dealkylation sites (tertiary alicyclic amines) is 1. The summed E-state index contributed by atoms with van der Waals surface area (Å²) in [7, 11) is 5.90. The molecule has 0 aliphatic carbocycles. The number of imidazole rings is 1. The zero-order valence-electron chi connectivity index (χ0n) is 14.3. The van der Waals surface area contributed by atoms with E-state index in [1.54, 1.807) is 0 Å². The quantitative estimate of drug-likeness (QED) is 0.892. The Kier molecular flexibility index (Phi) is 5.83. The van der Waals surface area contributed by atoms with Crippen LogP contribution in [0.5, 0.6) is 0 Å². The van der Waals surface area contributed by atoms with Crippen LogP contribution in [0.2, 0.25) is 0 Å². The van der Waals surface area contributed by atoms with Crippen molar-refractivity contribution in [2.75, 3.05) is 32.1 Å². The predicted molar refractivity (Wildman–Crippen MR) is 88.9 cm³/mol. The Morgan fingerprint density at radius 3 is 2.50 bits per heavy atom. The fourth-order valence-electron chi connectivity index (χ4n) is 2.99. The highest BCUT2D eigenvalue weighted by Crippen LogP contribution is 2.13. The third-order valence-corrected chi connectivity index (χ3v) is 4.47. The van der Waals surface area contributed by atoms with E-state index in [9.17, 15) is 4.79 Å². The van der Waals surface area contributed by atoms with Crippen molar-refractivity contribution in [3.63, 3.8) is 0 Å². The molecule has 1 aromatic rings. The van der Waals surface area contributed by atoms with Crippen LogP contribution in [-0.4, -0.2) is 53.6 Å². The molecule has 1 amide bonds. The third kappa shape index (κ3) is 4.00. The standard InChI is InChI=1S/C16H29N5O/c1-13(21-9-7-5-6-8-10-21)15(22)17-11-14-12-18-16(19(2)3)20(14)4/h12-13H,5-11H2,1-4H3,(H,17,22)/t13-/m0/s1. The summed E-state index contributed by atoms with van der Waals surface area (Å²) in [5.74, 6) is 0.999. The summed E-state index contributed by atoms with van der Waals surface area (Å²) in [5.41, 5.74) is 1.01. The number of hydrogen-bond acceptors (Lipinski definition) is 4. The second-order valence-corrected chi connectivity index (χ2v) is 6.35. The molecule has 1 saturated heterocycles. The Hall–Kier alpha value is -1.56. The minimum absolute atomic E-state index is 0.0559. The monoisotopic (exact) mass is 307 g/mol. The van der Waals surface area contributed by atoms with E-state index >= 15 is 0 Å². The first kappa shape index (κ1) is 16.8. The maximum atomic E-state index is 12.4. The number of aromatic nitrogens is 2. The molecule has 0 saturated carbocycles. The molecule has 2 rings (SSSR count). The molecule has 6 heteroatoms. The van der Waals surface area contributed by atoms with Crippen LogP contribution in [0, 0.1) is 0 Å². The summed E-state index contributed by atoms with van der Waals surface area (Å²) >= 11 is 0. The summed E-state index contributed by atoms with van der Waals surface area (Å²) in [6, 6.07) is -0.0559. The van der Waals surface area contributed by atoms with Gasteiger partial charge in [-0.05, 0) is 32.9 Å². The lowest BCUT2D eigenvalue weighted by atomic mass is 10.2. The highest BCUT2D eigenvalue weighted by molar-refractivity contribution is 5.81. The summed E-state index contributed by atoms with van der Waals surface area (Å²) < 4.78 is 2.01. The molecule has 1 aliphatic rings. The molecule has 0 spiro atoms. The van der Waals surface area contributed by atoms with Gasteiger partial charge in [-0.1, -0.05) is 12.8 Å². The molecule has 1 atom stereocenters. The number of nitrogens with one attached hydrogen (secondary N) is 1. The molecule has 124 valence electrons. The zero-order valence-corrected chi connectivity index (χ0v) is 14.3. The van der Waals surface area contributed by atoms with Crippen LogP contribution in [-0.2, 0) is 18.4 Å². The van der Waals surface area contributed by atoms with E-state index in [1.807, 2.05) is 43.7 Å². The van der Waals surface area contributed by atoms with Crippen LogP contribution < -0.4 is 10.2 Å². The van der Waals surface area contributed by atoms with Crippen LogP contribution in [0.4, 0.5) is 5.95 Å². The van der Waals surface area contributed by atoms with Crippen molar-refractivity contribution in [2.45, 2.75) is 45.2 Å². The summed E-state index contributed by atoms with van der Waals surface area (Å²) in [4.78, 5) is 21.0. The van der Waals surface area contributed by atoms with Gasteiger partial charge in [0.05, 0.1) is 24.5 Å². The Balaban J connectivity index is 1.89. The minimum Gasteiger partial charge on any atom is -0.349 e. The van der Waals surface area contributed by atoms with Gasteiger partial charge in [-0.15, -0.1) is 0 Å². The molecule has 1 aromatic heterocycles. The van der Waals surface area contributed by atoms with Gasteiger partial charge in [0.2, 0.25) is 11.9 Å². The van der Waals surface area contributed by atoms with Crippen LogP contribution in [0.1, 0.15) is 38.3 Å². The largest absolute Gasteiger partial charge is 0.349 e. The Bertz CT molecular complexity index is 489. The molecule has 0 radical (unpaired) electrons. The van der Waals surface area contributed by atoms with Gasteiger partial charge in [-0.3, -0.25) is 9.69 Å². The topological polar surface area (TPSA) is 53.4 Å². The van der Waals surface area contributed by atoms with E-state index in [1.165, 1.54) is 25.7 Å². The molecular formula is C16H29N5O. The molecular weight excluding hydrogens is 278 g/mol. The Labute approximate surface area is 133 Å². The smallest absolute Gasteiger partial charge is 0.237 e. The number of amides is 1. The van der Waals surface area contributed by atoms with Crippen LogP contribution in [0.3, 0.4) is 0 Å². The normalized spacial score (nSPS) is 17.8. The second kappa shape index (κ2) is 7.63. The Morgan fingerprint density at radius 1 is 1.32 bits per heavy atom. The zero-order chi connectivity index (χ0) is 16.1. The van der Waals surface area contributed by atoms with Gasteiger partial charge in [-0.25, -0.2) is 4.98 Å². The second-order valence-electron chi connectivity index (χ2n) is 6.35. The number of hydrogen-bond donors (Lipinski definition) is 1. The van der Waals surface area contributed by atoms with Crippen molar-refractivity contribution in [1.82, 2.24) is 19.8 Å². The molecule has 0 bridgehead atoms. The molecule has 2 heterocycles. The minimum atomic E-state index is -0.0559. The lowest BCUT2D eigenvalue weighted by Crippen LogP contribution is -2.45. The lowest BCUT2D eigenvalue weighted by Gasteiger charge is -2.26. The predicted octanol–water partition coefficient (Wildman–Crippen LogP) is 1.37. The van der Waals surface area contributed by atoms with E-state index in [0.717, 1.165) is 24.7 Å².